The van der Waals surface area contributed by atoms with E-state index in [1.165, 1.54) is 29.3 Å². The summed E-state index contributed by atoms with van der Waals surface area (Å²) in [7, 11) is 0. The number of aromatic nitrogens is 1. The van der Waals surface area contributed by atoms with E-state index in [0.29, 0.717) is 17.1 Å². The number of pyridine rings is 1. The molecule has 0 radical (unpaired) electrons. The number of aliphatic hydroxyl groups excluding tert-OH is 1. The number of hydrogen-bond acceptors (Lipinski definition) is 6. The van der Waals surface area contributed by atoms with Crippen LogP contribution < -0.4 is 14.4 Å². The minimum Gasteiger partial charge on any atom is -0.507 e. The molecule has 2 aromatic carbocycles. The lowest BCUT2D eigenvalue weighted by molar-refractivity contribution is -0.132. The summed E-state index contributed by atoms with van der Waals surface area (Å²) in [5.74, 6) is -1.91. The van der Waals surface area contributed by atoms with E-state index in [9.17, 15) is 19.1 Å². The van der Waals surface area contributed by atoms with Gasteiger partial charge in [0, 0.05) is 23.6 Å². The van der Waals surface area contributed by atoms with E-state index >= 15 is 0 Å². The first kappa shape index (κ1) is 20.0. The van der Waals surface area contributed by atoms with Crippen LogP contribution in [0.3, 0.4) is 0 Å². The molecule has 0 spiro atoms. The number of carbonyl (C=O) groups is 2. The molecule has 1 unspecified atom stereocenters. The van der Waals surface area contributed by atoms with Crippen LogP contribution >= 0.6 is 11.6 Å². The van der Waals surface area contributed by atoms with E-state index in [0.717, 1.165) is 6.07 Å². The number of Topliss-reactive ketones (excluding diaryl/α,β-unsaturated/α-hetero) is 1. The number of ether oxygens (including phenoxy) is 2. The molecule has 32 heavy (non-hydrogen) atoms. The lowest BCUT2D eigenvalue weighted by atomic mass is 9.96. The van der Waals surface area contributed by atoms with E-state index in [-0.39, 0.29) is 34.4 Å². The van der Waals surface area contributed by atoms with Crippen molar-refractivity contribution in [1.29, 1.82) is 0 Å². The van der Waals surface area contributed by atoms with Gasteiger partial charge in [-0.3, -0.25) is 19.5 Å². The number of rotatable bonds is 3. The number of hydrogen-bond donors (Lipinski definition) is 1. The van der Waals surface area contributed by atoms with Gasteiger partial charge < -0.3 is 14.6 Å². The highest BCUT2D eigenvalue weighted by molar-refractivity contribution is 6.51. The Morgan fingerprint density at radius 1 is 1.12 bits per heavy atom. The Hall–Kier alpha value is -3.91. The zero-order valence-electron chi connectivity index (χ0n) is 16.3. The third kappa shape index (κ3) is 3.16. The average molecular weight is 453 g/mol. The Morgan fingerprint density at radius 2 is 1.94 bits per heavy atom. The first-order chi connectivity index (χ1) is 15.5. The summed E-state index contributed by atoms with van der Waals surface area (Å²) in [4.78, 5) is 31.4. The Balaban J connectivity index is 1.70. The Bertz CT molecular complexity index is 1290. The number of aliphatic hydroxyl groups is 1. The zero-order valence-corrected chi connectivity index (χ0v) is 17.0. The molecule has 2 aliphatic rings. The predicted molar refractivity (Wildman–Crippen MR) is 113 cm³/mol. The fourth-order valence-electron chi connectivity index (χ4n) is 3.79. The molecule has 3 aromatic rings. The Kier molecular flexibility index (Phi) is 4.79. The molecule has 3 heterocycles. The van der Waals surface area contributed by atoms with Gasteiger partial charge in [-0.25, -0.2) is 4.39 Å². The minimum absolute atomic E-state index is 0.0466. The quantitative estimate of drug-likeness (QED) is 0.363. The van der Waals surface area contributed by atoms with Crippen molar-refractivity contribution in [2.24, 2.45) is 0 Å². The van der Waals surface area contributed by atoms with Crippen molar-refractivity contribution in [2.45, 2.75) is 6.04 Å². The Morgan fingerprint density at radius 3 is 2.69 bits per heavy atom. The first-order valence-corrected chi connectivity index (χ1v) is 9.89. The third-order valence-corrected chi connectivity index (χ3v) is 5.56. The van der Waals surface area contributed by atoms with Crippen LogP contribution in [0.15, 0.2) is 66.5 Å². The van der Waals surface area contributed by atoms with Gasteiger partial charge in [0.15, 0.2) is 11.5 Å². The van der Waals surface area contributed by atoms with Gasteiger partial charge in [-0.1, -0.05) is 17.7 Å². The number of amides is 1. The van der Waals surface area contributed by atoms with Crippen molar-refractivity contribution in [3.63, 3.8) is 0 Å². The first-order valence-electron chi connectivity index (χ1n) is 9.51. The normalized spacial score (nSPS) is 18.9. The van der Waals surface area contributed by atoms with Crippen molar-refractivity contribution in [2.75, 3.05) is 11.7 Å². The lowest BCUT2D eigenvalue weighted by Gasteiger charge is -2.25. The molecule has 0 aliphatic carbocycles. The Labute approximate surface area is 186 Å². The van der Waals surface area contributed by atoms with Crippen LogP contribution in [-0.4, -0.2) is 28.6 Å². The maximum Gasteiger partial charge on any atom is 0.300 e. The molecule has 160 valence electrons. The molecule has 2 aliphatic heterocycles. The van der Waals surface area contributed by atoms with Gasteiger partial charge in [0.25, 0.3) is 11.7 Å². The maximum atomic E-state index is 13.7. The second-order valence-corrected chi connectivity index (χ2v) is 7.53. The van der Waals surface area contributed by atoms with E-state index in [4.69, 9.17) is 21.1 Å². The summed E-state index contributed by atoms with van der Waals surface area (Å²) >= 11 is 5.92. The van der Waals surface area contributed by atoms with Gasteiger partial charge in [-0.15, -0.1) is 0 Å². The van der Waals surface area contributed by atoms with Crippen LogP contribution in [0.2, 0.25) is 5.02 Å². The van der Waals surface area contributed by atoms with Gasteiger partial charge in [-0.05, 0) is 48.0 Å². The van der Waals surface area contributed by atoms with Crippen molar-refractivity contribution < 1.29 is 28.6 Å². The van der Waals surface area contributed by atoms with Crippen molar-refractivity contribution in [1.82, 2.24) is 4.98 Å². The summed E-state index contributed by atoms with van der Waals surface area (Å²) < 4.78 is 24.4. The smallest absolute Gasteiger partial charge is 0.300 e. The highest BCUT2D eigenvalue weighted by atomic mass is 35.5. The second kappa shape index (κ2) is 7.65. The summed E-state index contributed by atoms with van der Waals surface area (Å²) in [6, 6.07) is 10.7. The lowest BCUT2D eigenvalue weighted by Crippen LogP contribution is -2.29. The van der Waals surface area contributed by atoms with E-state index in [2.05, 4.69) is 4.98 Å². The number of nitrogens with zero attached hydrogens (tertiary/aromatic N) is 2. The molecule has 7 nitrogen and oxygen atoms in total. The fourth-order valence-corrected chi connectivity index (χ4v) is 3.96. The van der Waals surface area contributed by atoms with Gasteiger partial charge in [0.05, 0.1) is 16.6 Å². The van der Waals surface area contributed by atoms with E-state index in [1.807, 2.05) is 0 Å². The molecule has 1 fully saturated rings. The molecule has 1 aromatic heterocycles. The summed E-state index contributed by atoms with van der Waals surface area (Å²) in [5.41, 5.74) is 0.826. The van der Waals surface area contributed by atoms with Crippen LogP contribution in [0, 0.1) is 5.82 Å². The average Bonchev–Trinajstić information content (AvgIpc) is 3.38. The topological polar surface area (TPSA) is 89.0 Å². The maximum absolute atomic E-state index is 13.7. The van der Waals surface area contributed by atoms with Crippen molar-refractivity contribution >= 4 is 34.7 Å². The molecule has 0 saturated carbocycles. The molecule has 1 N–H and O–H groups in total. The highest BCUT2D eigenvalue weighted by Gasteiger charge is 2.47. The summed E-state index contributed by atoms with van der Waals surface area (Å²) in [6.45, 7) is 0.0466. The van der Waals surface area contributed by atoms with Gasteiger partial charge in [0.1, 0.15) is 11.6 Å². The van der Waals surface area contributed by atoms with Gasteiger partial charge in [-0.2, -0.15) is 0 Å². The SMILES string of the molecule is O=C1C(=O)N(c2ccc(F)c(Cl)c2)C(c2cccnc2)/C1=C(/O)c1ccc2c(c1)OCO2. The van der Waals surface area contributed by atoms with E-state index in [1.54, 1.807) is 30.5 Å². The van der Waals surface area contributed by atoms with Crippen LogP contribution in [-0.2, 0) is 9.59 Å². The van der Waals surface area contributed by atoms with Crippen molar-refractivity contribution in [3.05, 3.63) is 88.5 Å². The molecule has 0 bridgehead atoms. The number of anilines is 1. The molecular formula is C23H14ClFN2O5. The summed E-state index contributed by atoms with van der Waals surface area (Å²) in [6.07, 6.45) is 3.03. The monoisotopic (exact) mass is 452 g/mol. The fraction of sp³-hybridized carbons (Fsp3) is 0.0870. The number of benzene rings is 2. The molecule has 5 rings (SSSR count). The van der Waals surface area contributed by atoms with Gasteiger partial charge >= 0.3 is 0 Å². The second-order valence-electron chi connectivity index (χ2n) is 7.12. The minimum atomic E-state index is -1.00. The number of halogens is 2. The molecule has 1 saturated heterocycles. The van der Waals surface area contributed by atoms with E-state index < -0.39 is 23.5 Å². The molecule has 1 amide bonds. The molecule has 1 atom stereocenters. The van der Waals surface area contributed by atoms with Crippen molar-refractivity contribution in [3.8, 4) is 11.5 Å². The highest BCUT2D eigenvalue weighted by Crippen LogP contribution is 2.43. The van der Waals surface area contributed by atoms with Crippen LogP contribution in [0.25, 0.3) is 5.76 Å². The number of carbonyl (C=O) groups excluding carboxylic acids is 2. The predicted octanol–water partition coefficient (Wildman–Crippen LogP) is 4.23. The third-order valence-electron chi connectivity index (χ3n) is 5.27. The zero-order chi connectivity index (χ0) is 22.4. The molecule has 9 heteroatoms. The van der Waals surface area contributed by atoms with Crippen LogP contribution in [0.4, 0.5) is 10.1 Å². The van der Waals surface area contributed by atoms with Crippen LogP contribution in [0.5, 0.6) is 11.5 Å². The summed E-state index contributed by atoms with van der Waals surface area (Å²) in [5, 5.41) is 10.9. The largest absolute Gasteiger partial charge is 0.507 e. The van der Waals surface area contributed by atoms with Crippen LogP contribution in [0.1, 0.15) is 17.2 Å². The standard InChI is InChI=1S/C23H14ClFN2O5/c24-15-9-14(4-5-16(15)25)27-20(13-2-1-7-26-10-13)19(22(29)23(27)30)21(28)12-3-6-17-18(8-12)32-11-31-17/h1-10,20,28H,11H2/b21-19-. The van der Waals surface area contributed by atoms with Gasteiger partial charge in [0.2, 0.25) is 6.79 Å². The number of fused-ring (bicyclic) bond motifs is 1. The number of ketones is 1. The molecular weight excluding hydrogens is 439 g/mol.